The Morgan fingerprint density at radius 2 is 1.21 bits per heavy atom. The molecule has 0 amide bonds. The average Bonchev–Trinajstić information content (AvgIpc) is 2.79. The summed E-state index contributed by atoms with van der Waals surface area (Å²) in [4.78, 5) is 10.4. The molecule has 0 atom stereocenters. The predicted octanol–water partition coefficient (Wildman–Crippen LogP) is 5.50. The monoisotopic (exact) mass is 401 g/mol. The number of benzene rings is 3. The Bertz CT molecular complexity index is 906. The Kier molecular flexibility index (Phi) is 5.46. The Morgan fingerprint density at radius 3 is 1.86 bits per heavy atom. The molecule has 0 spiro atoms. The van der Waals surface area contributed by atoms with Crippen molar-refractivity contribution in [1.82, 2.24) is 4.90 Å². The fourth-order valence-electron chi connectivity index (χ4n) is 4.34. The smallest absolute Gasteiger partial charge is 0.0552 e. The van der Waals surface area contributed by atoms with Gasteiger partial charge in [0.05, 0.1) is 11.4 Å². The second kappa shape index (κ2) is 8.52. The first kappa shape index (κ1) is 18.6. The molecule has 148 valence electrons. The molecule has 2 heterocycles. The van der Waals surface area contributed by atoms with Gasteiger partial charge in [0.1, 0.15) is 0 Å². The van der Waals surface area contributed by atoms with Gasteiger partial charge in [-0.15, -0.1) is 0 Å². The standard InChI is InChI=1S/C25H27N3S/c1-2-9-21(10-3-1)27-19-17-26(18-20-27)15-8-16-28-22-11-4-6-13-24(22)29-25-14-7-5-12-23(25)28/h1-7,9-14H,8,15-20H2. The van der Waals surface area contributed by atoms with Crippen LogP contribution in [0.15, 0.2) is 88.7 Å². The van der Waals surface area contributed by atoms with Crippen LogP contribution >= 0.6 is 11.8 Å². The van der Waals surface area contributed by atoms with E-state index in [0.29, 0.717) is 0 Å². The van der Waals surface area contributed by atoms with Crippen molar-refractivity contribution in [3.8, 4) is 0 Å². The lowest BCUT2D eigenvalue weighted by molar-refractivity contribution is 0.256. The van der Waals surface area contributed by atoms with Gasteiger partial charge in [0.25, 0.3) is 0 Å². The Labute approximate surface area is 177 Å². The minimum absolute atomic E-state index is 1.06. The van der Waals surface area contributed by atoms with Crippen LogP contribution in [0, 0.1) is 0 Å². The van der Waals surface area contributed by atoms with Crippen LogP contribution in [-0.2, 0) is 0 Å². The van der Waals surface area contributed by atoms with E-state index in [-0.39, 0.29) is 0 Å². The summed E-state index contributed by atoms with van der Waals surface area (Å²) in [5.41, 5.74) is 4.06. The van der Waals surface area contributed by atoms with E-state index in [1.54, 1.807) is 0 Å². The van der Waals surface area contributed by atoms with Gasteiger partial charge in [-0.25, -0.2) is 0 Å². The molecule has 2 aliphatic heterocycles. The predicted molar refractivity (Wildman–Crippen MR) is 124 cm³/mol. The highest BCUT2D eigenvalue weighted by molar-refractivity contribution is 7.99. The molecule has 3 aromatic carbocycles. The third-order valence-corrected chi connectivity index (χ3v) is 7.01. The average molecular weight is 402 g/mol. The van der Waals surface area contributed by atoms with Crippen molar-refractivity contribution >= 4 is 28.8 Å². The minimum atomic E-state index is 1.06. The van der Waals surface area contributed by atoms with Gasteiger partial charge in [-0.1, -0.05) is 54.2 Å². The zero-order valence-electron chi connectivity index (χ0n) is 16.7. The summed E-state index contributed by atoms with van der Waals surface area (Å²) in [5.74, 6) is 0. The molecule has 0 aliphatic carbocycles. The number of fused-ring (bicyclic) bond motifs is 2. The van der Waals surface area contributed by atoms with Crippen LogP contribution in [0.25, 0.3) is 0 Å². The molecule has 2 aliphatic rings. The number of hydrogen-bond acceptors (Lipinski definition) is 4. The highest BCUT2D eigenvalue weighted by Crippen LogP contribution is 2.47. The summed E-state index contributed by atoms with van der Waals surface area (Å²) in [5, 5.41) is 0. The summed E-state index contributed by atoms with van der Waals surface area (Å²) >= 11 is 1.89. The Hall–Kier alpha value is -2.43. The normalized spacial score (nSPS) is 16.4. The van der Waals surface area contributed by atoms with Gasteiger partial charge in [0.15, 0.2) is 0 Å². The van der Waals surface area contributed by atoms with Crippen LogP contribution in [0.2, 0.25) is 0 Å². The molecule has 0 unspecified atom stereocenters. The number of rotatable bonds is 5. The fourth-order valence-corrected chi connectivity index (χ4v) is 5.44. The second-order valence-electron chi connectivity index (χ2n) is 7.71. The SMILES string of the molecule is c1ccc(N2CCN(CCCN3c4ccccc4Sc4ccccc43)CC2)cc1. The Morgan fingerprint density at radius 1 is 0.621 bits per heavy atom. The lowest BCUT2D eigenvalue weighted by Gasteiger charge is -2.37. The zero-order valence-corrected chi connectivity index (χ0v) is 17.5. The summed E-state index contributed by atoms with van der Waals surface area (Å²) in [6.07, 6.45) is 1.18. The maximum Gasteiger partial charge on any atom is 0.0552 e. The third-order valence-electron chi connectivity index (χ3n) is 5.88. The van der Waals surface area contributed by atoms with Gasteiger partial charge in [-0.2, -0.15) is 0 Å². The summed E-state index contributed by atoms with van der Waals surface area (Å²) < 4.78 is 0. The van der Waals surface area contributed by atoms with Gasteiger partial charge in [0.2, 0.25) is 0 Å². The summed E-state index contributed by atoms with van der Waals surface area (Å²) in [6.45, 7) is 6.77. The minimum Gasteiger partial charge on any atom is -0.369 e. The highest BCUT2D eigenvalue weighted by atomic mass is 32.2. The first-order chi connectivity index (χ1) is 14.4. The summed E-state index contributed by atoms with van der Waals surface area (Å²) in [6, 6.07) is 28.4. The van der Waals surface area contributed by atoms with E-state index in [9.17, 15) is 0 Å². The number of para-hydroxylation sites is 3. The zero-order chi connectivity index (χ0) is 19.5. The van der Waals surface area contributed by atoms with E-state index in [0.717, 1.165) is 39.3 Å². The molecule has 1 fully saturated rings. The van der Waals surface area contributed by atoms with Crippen LogP contribution in [0.1, 0.15) is 6.42 Å². The van der Waals surface area contributed by atoms with E-state index in [2.05, 4.69) is 93.6 Å². The van der Waals surface area contributed by atoms with Gasteiger partial charge >= 0.3 is 0 Å². The molecular formula is C25H27N3S. The third kappa shape index (κ3) is 4.00. The molecule has 5 rings (SSSR count). The van der Waals surface area contributed by atoms with Crippen molar-refractivity contribution in [2.45, 2.75) is 16.2 Å². The maximum absolute atomic E-state index is 2.62. The molecule has 3 nitrogen and oxygen atoms in total. The molecule has 1 saturated heterocycles. The van der Waals surface area contributed by atoms with E-state index < -0.39 is 0 Å². The van der Waals surface area contributed by atoms with Crippen LogP contribution in [0.5, 0.6) is 0 Å². The van der Waals surface area contributed by atoms with E-state index in [1.165, 1.54) is 33.3 Å². The van der Waals surface area contributed by atoms with Gasteiger partial charge in [-0.05, 0) is 49.4 Å². The van der Waals surface area contributed by atoms with Crippen LogP contribution in [0.4, 0.5) is 17.1 Å². The van der Waals surface area contributed by atoms with Gasteiger partial charge in [0, 0.05) is 48.2 Å². The highest BCUT2D eigenvalue weighted by Gasteiger charge is 2.23. The molecule has 3 aromatic rings. The van der Waals surface area contributed by atoms with Crippen molar-refractivity contribution < 1.29 is 0 Å². The quantitative estimate of drug-likeness (QED) is 0.558. The van der Waals surface area contributed by atoms with Crippen LogP contribution in [0.3, 0.4) is 0 Å². The largest absolute Gasteiger partial charge is 0.369 e. The van der Waals surface area contributed by atoms with Crippen molar-refractivity contribution in [1.29, 1.82) is 0 Å². The molecule has 0 N–H and O–H groups in total. The topological polar surface area (TPSA) is 9.72 Å². The van der Waals surface area contributed by atoms with Gasteiger partial charge in [-0.3, -0.25) is 4.90 Å². The maximum atomic E-state index is 2.62. The number of piperazine rings is 1. The summed E-state index contributed by atoms with van der Waals surface area (Å²) in [7, 11) is 0. The molecular weight excluding hydrogens is 374 g/mol. The van der Waals surface area contributed by atoms with Crippen LogP contribution in [-0.4, -0.2) is 44.2 Å². The van der Waals surface area contributed by atoms with Crippen molar-refractivity contribution in [2.24, 2.45) is 0 Å². The number of anilines is 3. The molecule has 0 bridgehead atoms. The molecule has 4 heteroatoms. The van der Waals surface area contributed by atoms with Crippen LogP contribution < -0.4 is 9.80 Å². The second-order valence-corrected chi connectivity index (χ2v) is 8.79. The Balaban J connectivity index is 1.20. The molecule has 29 heavy (non-hydrogen) atoms. The van der Waals surface area contributed by atoms with Gasteiger partial charge < -0.3 is 9.80 Å². The van der Waals surface area contributed by atoms with E-state index in [1.807, 2.05) is 11.8 Å². The lowest BCUT2D eigenvalue weighted by atomic mass is 10.2. The van der Waals surface area contributed by atoms with E-state index >= 15 is 0 Å². The van der Waals surface area contributed by atoms with Crippen molar-refractivity contribution in [2.75, 3.05) is 49.1 Å². The first-order valence-electron chi connectivity index (χ1n) is 10.5. The lowest BCUT2D eigenvalue weighted by Crippen LogP contribution is -2.47. The van der Waals surface area contributed by atoms with Crippen molar-refractivity contribution in [3.05, 3.63) is 78.9 Å². The molecule has 0 radical (unpaired) electrons. The fraction of sp³-hybridized carbons (Fsp3) is 0.280. The number of hydrogen-bond donors (Lipinski definition) is 0. The number of nitrogens with zero attached hydrogens (tertiary/aromatic N) is 3. The molecule has 0 saturated carbocycles. The first-order valence-corrected chi connectivity index (χ1v) is 11.4. The molecule has 0 aromatic heterocycles. The van der Waals surface area contributed by atoms with E-state index in [4.69, 9.17) is 0 Å². The van der Waals surface area contributed by atoms with Crippen molar-refractivity contribution in [3.63, 3.8) is 0 Å².